The first-order chi connectivity index (χ1) is 9.72. The summed E-state index contributed by atoms with van der Waals surface area (Å²) in [6, 6.07) is 7.01. The molecule has 110 valence electrons. The number of piperazine rings is 1. The summed E-state index contributed by atoms with van der Waals surface area (Å²) in [5.74, 6) is 0.436. The van der Waals surface area contributed by atoms with Gasteiger partial charge in [0.2, 0.25) is 0 Å². The van der Waals surface area contributed by atoms with E-state index >= 15 is 0 Å². The highest BCUT2D eigenvalue weighted by molar-refractivity contribution is 5.17. The van der Waals surface area contributed by atoms with Gasteiger partial charge in [0.25, 0.3) is 0 Å². The predicted molar refractivity (Wildman–Crippen MR) is 76.8 cm³/mol. The lowest BCUT2D eigenvalue weighted by molar-refractivity contribution is 0.0599. The number of hydrogen-bond donors (Lipinski definition) is 1. The molecule has 0 spiro atoms. The number of nitrogens with zero attached hydrogens (tertiary/aromatic N) is 2. The van der Waals surface area contributed by atoms with Crippen molar-refractivity contribution in [2.24, 2.45) is 5.92 Å². The van der Waals surface area contributed by atoms with Gasteiger partial charge in [0.05, 0.1) is 6.10 Å². The lowest BCUT2D eigenvalue weighted by Gasteiger charge is -2.35. The quantitative estimate of drug-likeness (QED) is 0.888. The lowest BCUT2D eigenvalue weighted by atomic mass is 10.1. The summed E-state index contributed by atoms with van der Waals surface area (Å²) >= 11 is 0. The molecule has 1 aromatic rings. The van der Waals surface area contributed by atoms with Gasteiger partial charge >= 0.3 is 0 Å². The van der Waals surface area contributed by atoms with E-state index in [-0.39, 0.29) is 11.9 Å². The van der Waals surface area contributed by atoms with Crippen LogP contribution in [0.15, 0.2) is 24.3 Å². The summed E-state index contributed by atoms with van der Waals surface area (Å²) in [5, 5.41) is 9.97. The van der Waals surface area contributed by atoms with Gasteiger partial charge < -0.3 is 5.11 Å². The molecule has 0 radical (unpaired) electrons. The van der Waals surface area contributed by atoms with Crippen LogP contribution in [0.25, 0.3) is 0 Å². The third-order valence-electron chi connectivity index (χ3n) is 4.43. The van der Waals surface area contributed by atoms with Crippen LogP contribution >= 0.6 is 0 Å². The molecule has 3 nitrogen and oxygen atoms in total. The summed E-state index contributed by atoms with van der Waals surface area (Å²) in [6.45, 7) is 5.33. The molecule has 1 aliphatic heterocycles. The third-order valence-corrected chi connectivity index (χ3v) is 4.43. The Labute approximate surface area is 120 Å². The van der Waals surface area contributed by atoms with Crippen LogP contribution in [0.1, 0.15) is 18.4 Å². The monoisotopic (exact) mass is 278 g/mol. The van der Waals surface area contributed by atoms with Gasteiger partial charge in [0.15, 0.2) is 0 Å². The largest absolute Gasteiger partial charge is 0.392 e. The van der Waals surface area contributed by atoms with Crippen LogP contribution < -0.4 is 0 Å². The van der Waals surface area contributed by atoms with Gasteiger partial charge in [-0.15, -0.1) is 0 Å². The van der Waals surface area contributed by atoms with Gasteiger partial charge in [-0.1, -0.05) is 18.2 Å². The molecule has 0 bridgehead atoms. The van der Waals surface area contributed by atoms with Crippen LogP contribution in [0.3, 0.4) is 0 Å². The second-order valence-electron chi connectivity index (χ2n) is 6.07. The second kappa shape index (κ2) is 6.20. The Balaban J connectivity index is 1.45. The van der Waals surface area contributed by atoms with E-state index < -0.39 is 0 Å². The molecular weight excluding hydrogens is 255 g/mol. The molecule has 1 aliphatic carbocycles. The topological polar surface area (TPSA) is 26.7 Å². The SMILES string of the molecule is OC(CN1CCN(Cc2ccccc2F)CC1)C1CC1. The molecule has 0 aromatic heterocycles. The first kappa shape index (κ1) is 14.0. The van der Waals surface area contributed by atoms with Crippen molar-refractivity contribution < 1.29 is 9.50 Å². The average Bonchev–Trinajstić information content (AvgIpc) is 3.28. The zero-order valence-corrected chi connectivity index (χ0v) is 11.8. The molecule has 4 heteroatoms. The Morgan fingerprint density at radius 1 is 1.10 bits per heavy atom. The van der Waals surface area contributed by atoms with Crippen LogP contribution in [-0.4, -0.2) is 53.7 Å². The van der Waals surface area contributed by atoms with E-state index in [0.717, 1.165) is 38.3 Å². The predicted octanol–water partition coefficient (Wildman–Crippen LogP) is 1.71. The van der Waals surface area contributed by atoms with Crippen molar-refractivity contribution in [3.63, 3.8) is 0 Å². The van der Waals surface area contributed by atoms with Gasteiger partial charge in [-0.05, 0) is 24.8 Å². The standard InChI is InChI=1S/C16H23FN2O/c17-15-4-2-1-3-14(15)11-18-7-9-19(10-8-18)12-16(20)13-5-6-13/h1-4,13,16,20H,5-12H2. The minimum absolute atomic E-state index is 0.112. The van der Waals surface area contributed by atoms with E-state index in [0.29, 0.717) is 12.5 Å². The Morgan fingerprint density at radius 3 is 2.40 bits per heavy atom. The number of rotatable bonds is 5. The lowest BCUT2D eigenvalue weighted by Crippen LogP contribution is -2.48. The fourth-order valence-corrected chi connectivity index (χ4v) is 2.89. The van der Waals surface area contributed by atoms with Crippen molar-refractivity contribution in [2.75, 3.05) is 32.7 Å². The maximum Gasteiger partial charge on any atom is 0.127 e. The molecule has 1 N–H and O–H groups in total. The first-order valence-corrected chi connectivity index (χ1v) is 7.58. The van der Waals surface area contributed by atoms with Crippen molar-refractivity contribution >= 4 is 0 Å². The number of β-amino-alcohol motifs (C(OH)–C–C–N with tert-alkyl or cyclic N) is 1. The van der Waals surface area contributed by atoms with Crippen molar-refractivity contribution in [2.45, 2.75) is 25.5 Å². The summed E-state index contributed by atoms with van der Waals surface area (Å²) in [6.07, 6.45) is 2.23. The van der Waals surface area contributed by atoms with Crippen molar-refractivity contribution in [3.05, 3.63) is 35.6 Å². The number of aliphatic hydroxyl groups excluding tert-OH is 1. The van der Waals surface area contributed by atoms with Crippen LogP contribution in [0.4, 0.5) is 4.39 Å². The van der Waals surface area contributed by atoms with Gasteiger partial charge in [-0.2, -0.15) is 0 Å². The first-order valence-electron chi connectivity index (χ1n) is 7.58. The minimum Gasteiger partial charge on any atom is -0.392 e. The zero-order valence-electron chi connectivity index (χ0n) is 11.8. The molecule has 1 saturated heterocycles. The number of aliphatic hydroxyl groups is 1. The molecule has 2 fully saturated rings. The van der Waals surface area contributed by atoms with Crippen molar-refractivity contribution in [1.29, 1.82) is 0 Å². The molecule has 0 amide bonds. The Kier molecular flexibility index (Phi) is 4.34. The molecule has 1 atom stereocenters. The minimum atomic E-state index is -0.145. The van der Waals surface area contributed by atoms with E-state index in [9.17, 15) is 9.50 Å². The molecule has 3 rings (SSSR count). The summed E-state index contributed by atoms with van der Waals surface area (Å²) in [7, 11) is 0. The van der Waals surface area contributed by atoms with Gasteiger partial charge in [-0.3, -0.25) is 9.80 Å². The number of halogens is 1. The summed E-state index contributed by atoms with van der Waals surface area (Å²) in [5.41, 5.74) is 0.777. The highest BCUT2D eigenvalue weighted by Gasteiger charge is 2.31. The smallest absolute Gasteiger partial charge is 0.127 e. The molecule has 1 aromatic carbocycles. The summed E-state index contributed by atoms with van der Waals surface area (Å²) in [4.78, 5) is 4.62. The zero-order chi connectivity index (χ0) is 13.9. The van der Waals surface area contributed by atoms with Crippen LogP contribution in [0.2, 0.25) is 0 Å². The van der Waals surface area contributed by atoms with Crippen LogP contribution in [-0.2, 0) is 6.54 Å². The van der Waals surface area contributed by atoms with E-state index in [1.807, 2.05) is 12.1 Å². The fraction of sp³-hybridized carbons (Fsp3) is 0.625. The molecule has 1 unspecified atom stereocenters. The van der Waals surface area contributed by atoms with Crippen molar-refractivity contribution in [1.82, 2.24) is 9.80 Å². The Bertz CT molecular complexity index is 442. The maximum atomic E-state index is 13.6. The van der Waals surface area contributed by atoms with E-state index in [4.69, 9.17) is 0 Å². The van der Waals surface area contributed by atoms with Gasteiger partial charge in [0, 0.05) is 44.8 Å². The highest BCUT2D eigenvalue weighted by Crippen LogP contribution is 2.32. The molecule has 1 saturated carbocycles. The Hall–Kier alpha value is -0.970. The fourth-order valence-electron chi connectivity index (χ4n) is 2.89. The highest BCUT2D eigenvalue weighted by atomic mass is 19.1. The Morgan fingerprint density at radius 2 is 1.75 bits per heavy atom. The number of benzene rings is 1. The molecule has 20 heavy (non-hydrogen) atoms. The third kappa shape index (κ3) is 3.57. The average molecular weight is 278 g/mol. The van der Waals surface area contributed by atoms with Gasteiger partial charge in [-0.25, -0.2) is 4.39 Å². The number of hydrogen-bond acceptors (Lipinski definition) is 3. The van der Waals surface area contributed by atoms with E-state index in [1.54, 1.807) is 6.07 Å². The summed E-state index contributed by atoms with van der Waals surface area (Å²) < 4.78 is 13.6. The van der Waals surface area contributed by atoms with Crippen LogP contribution in [0, 0.1) is 11.7 Å². The van der Waals surface area contributed by atoms with E-state index in [2.05, 4.69) is 9.80 Å². The molecule has 1 heterocycles. The van der Waals surface area contributed by atoms with Crippen molar-refractivity contribution in [3.8, 4) is 0 Å². The maximum absolute atomic E-state index is 13.6. The van der Waals surface area contributed by atoms with Gasteiger partial charge in [0.1, 0.15) is 5.82 Å². The second-order valence-corrected chi connectivity index (χ2v) is 6.07. The van der Waals surface area contributed by atoms with E-state index in [1.165, 1.54) is 18.9 Å². The van der Waals surface area contributed by atoms with Crippen LogP contribution in [0.5, 0.6) is 0 Å². The molecular formula is C16H23FN2O. The molecule has 2 aliphatic rings. The normalized spacial score (nSPS) is 22.9.